The topological polar surface area (TPSA) is 62.1 Å². The molecule has 0 aliphatic heterocycles. The van der Waals surface area contributed by atoms with Gasteiger partial charge >= 0.3 is 0 Å². The molecule has 0 bridgehead atoms. The predicted molar refractivity (Wildman–Crippen MR) is 126 cm³/mol. The van der Waals surface area contributed by atoms with Crippen molar-refractivity contribution in [2.45, 2.75) is 6.92 Å². The van der Waals surface area contributed by atoms with E-state index in [4.69, 9.17) is 16.3 Å². The van der Waals surface area contributed by atoms with Crippen molar-refractivity contribution in [3.05, 3.63) is 71.8 Å². The number of rotatable bonds is 6. The molecule has 0 saturated heterocycles. The van der Waals surface area contributed by atoms with Crippen LogP contribution in [0.5, 0.6) is 5.75 Å². The van der Waals surface area contributed by atoms with Crippen LogP contribution >= 0.6 is 56.8 Å². The van der Waals surface area contributed by atoms with Gasteiger partial charge in [-0.05, 0) is 93.6 Å². The van der Waals surface area contributed by atoms with Crippen molar-refractivity contribution in [2.75, 3.05) is 11.9 Å². The maximum atomic E-state index is 12.5. The minimum atomic E-state index is -0.486. The third-order valence-electron chi connectivity index (χ3n) is 3.56. The van der Waals surface area contributed by atoms with Gasteiger partial charge in [-0.2, -0.15) is 5.26 Å². The number of nitrogens with zero attached hydrogens (tertiary/aromatic N) is 1. The fourth-order valence-corrected chi connectivity index (χ4v) is 4.49. The van der Waals surface area contributed by atoms with Crippen LogP contribution in [0, 0.1) is 25.4 Å². The van der Waals surface area contributed by atoms with E-state index < -0.39 is 5.91 Å². The average molecular weight is 605 g/mol. The van der Waals surface area contributed by atoms with E-state index in [1.165, 1.54) is 0 Å². The summed E-state index contributed by atoms with van der Waals surface area (Å²) in [4.78, 5) is 12.5. The summed E-state index contributed by atoms with van der Waals surface area (Å²) in [5.41, 5.74) is 2.06. The zero-order valence-corrected chi connectivity index (χ0v) is 19.4. The van der Waals surface area contributed by atoms with Crippen molar-refractivity contribution in [1.82, 2.24) is 0 Å². The lowest BCUT2D eigenvalue weighted by molar-refractivity contribution is -0.112. The molecule has 7 heteroatoms. The van der Waals surface area contributed by atoms with Gasteiger partial charge in [-0.15, -0.1) is 0 Å². The molecule has 0 heterocycles. The van der Waals surface area contributed by atoms with Gasteiger partial charge < -0.3 is 10.1 Å². The van der Waals surface area contributed by atoms with Crippen LogP contribution in [0.25, 0.3) is 6.08 Å². The van der Waals surface area contributed by atoms with Gasteiger partial charge in [0.25, 0.3) is 5.91 Å². The second-order valence-electron chi connectivity index (χ2n) is 5.45. The highest BCUT2D eigenvalue weighted by atomic mass is 127. The predicted octanol–water partition coefficient (Wildman–Crippen LogP) is 5.97. The minimum Gasteiger partial charge on any atom is -0.487 e. The summed E-state index contributed by atoms with van der Waals surface area (Å²) in [5, 5.41) is 12.7. The van der Waals surface area contributed by atoms with Crippen LogP contribution < -0.4 is 10.1 Å². The fourth-order valence-electron chi connectivity index (χ4n) is 2.19. The van der Waals surface area contributed by atoms with Crippen molar-refractivity contribution >= 4 is 74.5 Å². The second-order valence-corrected chi connectivity index (χ2v) is 8.18. The highest BCUT2D eigenvalue weighted by Gasteiger charge is 2.13. The van der Waals surface area contributed by atoms with Crippen molar-refractivity contribution in [1.29, 1.82) is 5.26 Å². The van der Waals surface area contributed by atoms with Crippen LogP contribution in [-0.2, 0) is 4.79 Å². The van der Waals surface area contributed by atoms with Gasteiger partial charge in [0.1, 0.15) is 24.0 Å². The molecule has 0 aliphatic rings. The van der Waals surface area contributed by atoms with Crippen molar-refractivity contribution in [3.8, 4) is 11.8 Å². The Morgan fingerprint density at radius 2 is 2.04 bits per heavy atom. The second kappa shape index (κ2) is 10.1. The van der Waals surface area contributed by atoms with Crippen LogP contribution in [0.2, 0.25) is 5.02 Å². The molecule has 2 aromatic carbocycles. The monoisotopic (exact) mass is 604 g/mol. The Balaban J connectivity index is 2.30. The number of ether oxygens (including phenoxy) is 1. The molecule has 27 heavy (non-hydrogen) atoms. The molecule has 0 aromatic heterocycles. The number of carbonyl (C=O) groups is 1. The normalized spacial score (nSPS) is 10.9. The van der Waals surface area contributed by atoms with Crippen LogP contribution in [0.15, 0.2) is 48.6 Å². The number of nitriles is 1. The van der Waals surface area contributed by atoms with Crippen LogP contribution in [-0.4, -0.2) is 12.5 Å². The van der Waals surface area contributed by atoms with E-state index in [1.807, 2.05) is 18.2 Å². The first-order valence-corrected chi connectivity index (χ1v) is 10.3. The van der Waals surface area contributed by atoms with Gasteiger partial charge in [0, 0.05) is 10.7 Å². The molecule has 1 N–H and O–H groups in total. The Morgan fingerprint density at radius 1 is 1.37 bits per heavy atom. The molecule has 0 saturated carbocycles. The molecule has 1 amide bonds. The molecule has 2 rings (SSSR count). The van der Waals surface area contributed by atoms with Gasteiger partial charge in [0.15, 0.2) is 0 Å². The molecule has 0 unspecified atom stereocenters. The van der Waals surface area contributed by atoms with Crippen molar-refractivity contribution in [3.63, 3.8) is 0 Å². The molecule has 0 radical (unpaired) electrons. The first-order valence-electron chi connectivity index (χ1n) is 7.78. The van der Waals surface area contributed by atoms with E-state index in [0.29, 0.717) is 17.3 Å². The Labute approximate surface area is 190 Å². The van der Waals surface area contributed by atoms with Crippen LogP contribution in [0.3, 0.4) is 0 Å². The summed E-state index contributed by atoms with van der Waals surface area (Å²) in [6.45, 7) is 5.85. The summed E-state index contributed by atoms with van der Waals surface area (Å²) in [5.74, 6) is 0.269. The highest BCUT2D eigenvalue weighted by Crippen LogP contribution is 2.30. The van der Waals surface area contributed by atoms with Gasteiger partial charge in [-0.25, -0.2) is 0 Å². The van der Waals surface area contributed by atoms with Crippen molar-refractivity contribution < 1.29 is 9.53 Å². The number of carbonyl (C=O) groups excluding carboxylic acids is 1. The Hall–Kier alpha value is -1.57. The summed E-state index contributed by atoms with van der Waals surface area (Å²) >= 11 is 10.4. The molecule has 0 spiro atoms. The molecule has 0 aliphatic carbocycles. The Bertz CT molecular complexity index is 942. The zero-order valence-electron chi connectivity index (χ0n) is 14.4. The molecule has 2 aromatic rings. The van der Waals surface area contributed by atoms with E-state index in [2.05, 4.69) is 57.1 Å². The average Bonchev–Trinajstić information content (AvgIpc) is 2.62. The third-order valence-corrected chi connectivity index (χ3v) is 5.57. The standard InChI is InChI=1S/C20H15ClI2N2O2/c1-3-7-27-19-16(22)9-13(10-17(19)23)8-14(11-24)20(26)25-18-6-4-5-15(21)12(18)2/h3-6,8-10H,1,7H2,2H3,(H,25,26)/b14-8-. The number of hydrogen-bond acceptors (Lipinski definition) is 3. The van der Waals surface area contributed by atoms with Gasteiger partial charge in [-0.3, -0.25) is 4.79 Å². The molecular formula is C20H15ClI2N2O2. The SMILES string of the molecule is C=CCOc1c(I)cc(/C=C(/C#N)C(=O)Nc2cccc(Cl)c2C)cc1I. The van der Waals surface area contributed by atoms with E-state index in [1.54, 1.807) is 37.3 Å². The Morgan fingerprint density at radius 3 is 2.63 bits per heavy atom. The first-order chi connectivity index (χ1) is 12.9. The maximum Gasteiger partial charge on any atom is 0.266 e. The summed E-state index contributed by atoms with van der Waals surface area (Å²) in [7, 11) is 0. The summed E-state index contributed by atoms with van der Waals surface area (Å²) < 4.78 is 7.41. The van der Waals surface area contributed by atoms with E-state index in [9.17, 15) is 10.1 Å². The van der Waals surface area contributed by atoms with E-state index in [0.717, 1.165) is 24.0 Å². The lowest BCUT2D eigenvalue weighted by atomic mass is 10.1. The zero-order chi connectivity index (χ0) is 20.0. The fraction of sp³-hybridized carbons (Fsp3) is 0.100. The van der Waals surface area contributed by atoms with E-state index in [-0.39, 0.29) is 5.57 Å². The lowest BCUT2D eigenvalue weighted by Gasteiger charge is -2.11. The van der Waals surface area contributed by atoms with Crippen LogP contribution in [0.1, 0.15) is 11.1 Å². The smallest absolute Gasteiger partial charge is 0.266 e. The number of nitrogens with one attached hydrogen (secondary N) is 1. The van der Waals surface area contributed by atoms with Crippen molar-refractivity contribution in [2.24, 2.45) is 0 Å². The van der Waals surface area contributed by atoms with Gasteiger partial charge in [0.2, 0.25) is 0 Å². The van der Waals surface area contributed by atoms with E-state index >= 15 is 0 Å². The summed E-state index contributed by atoms with van der Waals surface area (Å²) in [6, 6.07) is 10.9. The molecule has 0 fully saturated rings. The molecular weight excluding hydrogens is 589 g/mol. The molecule has 138 valence electrons. The first kappa shape index (κ1) is 21.7. The summed E-state index contributed by atoms with van der Waals surface area (Å²) in [6.07, 6.45) is 3.23. The highest BCUT2D eigenvalue weighted by molar-refractivity contribution is 14.1. The molecule has 4 nitrogen and oxygen atoms in total. The Kier molecular flexibility index (Phi) is 8.13. The minimum absolute atomic E-state index is 0.000681. The maximum absolute atomic E-state index is 12.5. The lowest BCUT2D eigenvalue weighted by Crippen LogP contribution is -2.14. The number of halogens is 3. The number of benzene rings is 2. The van der Waals surface area contributed by atoms with Crippen LogP contribution in [0.4, 0.5) is 5.69 Å². The quantitative estimate of drug-likeness (QED) is 0.191. The van der Waals surface area contributed by atoms with Gasteiger partial charge in [0.05, 0.1) is 7.14 Å². The number of hydrogen-bond donors (Lipinski definition) is 1. The van der Waals surface area contributed by atoms with Gasteiger partial charge in [-0.1, -0.05) is 30.3 Å². The third kappa shape index (κ3) is 5.70. The largest absolute Gasteiger partial charge is 0.487 e. The molecule has 0 atom stereocenters. The number of amides is 1. The number of anilines is 1.